The largest absolute Gasteiger partial charge is 0.492 e. The molecular formula is C28H46N2O15. The van der Waals surface area contributed by atoms with Crippen molar-refractivity contribution < 1.29 is 74.2 Å². The van der Waals surface area contributed by atoms with Gasteiger partial charge in [-0.25, -0.2) is 4.79 Å². The van der Waals surface area contributed by atoms with Gasteiger partial charge in [0.25, 0.3) is 0 Å². The fraction of sp³-hybridized carbons (Fsp3) is 0.786. The molecule has 3 heterocycles. The number of aliphatic hydroxyl groups excluding tert-OH is 6. The Morgan fingerprint density at radius 2 is 1.16 bits per heavy atom. The molecule has 1 aromatic heterocycles. The van der Waals surface area contributed by atoms with Gasteiger partial charge in [-0.15, -0.1) is 4.73 Å². The Balaban J connectivity index is 1.46. The number of aliphatic hydroxyl groups is 6. The summed E-state index contributed by atoms with van der Waals surface area (Å²) in [6.45, 7) is 3.66. The number of hydrogen-bond acceptors (Lipinski definition) is 15. The van der Waals surface area contributed by atoms with E-state index in [1.807, 2.05) is 0 Å². The van der Waals surface area contributed by atoms with E-state index in [-0.39, 0.29) is 45.1 Å². The zero-order valence-electron chi connectivity index (χ0n) is 25.3. The lowest BCUT2D eigenvalue weighted by Gasteiger charge is -2.39. The zero-order chi connectivity index (χ0) is 33.3. The Morgan fingerprint density at radius 1 is 0.711 bits per heavy atom. The third kappa shape index (κ3) is 10.2. The van der Waals surface area contributed by atoms with Crippen molar-refractivity contribution in [2.75, 3.05) is 26.3 Å². The Morgan fingerprint density at radius 3 is 1.62 bits per heavy atom. The molecule has 0 radical (unpaired) electrons. The first-order valence-electron chi connectivity index (χ1n) is 15.0. The molecule has 1 amide bonds. The van der Waals surface area contributed by atoms with Gasteiger partial charge in [0, 0.05) is 38.1 Å². The number of unbranched alkanes of at least 4 members (excludes halogenated alkanes) is 1. The van der Waals surface area contributed by atoms with Crippen LogP contribution in [-0.2, 0) is 28.5 Å². The lowest BCUT2D eigenvalue weighted by Crippen LogP contribution is -2.57. The summed E-state index contributed by atoms with van der Waals surface area (Å²) in [5.74, 6) is -1.83. The highest BCUT2D eigenvalue weighted by atomic mass is 16.7. The van der Waals surface area contributed by atoms with Crippen LogP contribution in [0, 0.1) is 0 Å². The summed E-state index contributed by atoms with van der Waals surface area (Å²) in [5, 5.41) is 79.1. The maximum absolute atomic E-state index is 13.1. The lowest BCUT2D eigenvalue weighted by atomic mass is 10.0. The second-order valence-electron chi connectivity index (χ2n) is 11.2. The molecule has 17 heteroatoms. The Kier molecular flexibility index (Phi) is 14.2. The first kappa shape index (κ1) is 36.9. The molecule has 2 aliphatic rings. The van der Waals surface area contributed by atoms with Gasteiger partial charge in [0.1, 0.15) is 36.6 Å². The second kappa shape index (κ2) is 17.4. The molecule has 3 rings (SSSR count). The van der Waals surface area contributed by atoms with Crippen LogP contribution in [0.5, 0.6) is 11.8 Å². The van der Waals surface area contributed by atoms with Crippen molar-refractivity contribution in [3.8, 4) is 11.8 Å². The van der Waals surface area contributed by atoms with Crippen molar-refractivity contribution >= 4 is 11.9 Å². The lowest BCUT2D eigenvalue weighted by molar-refractivity contribution is -0.293. The van der Waals surface area contributed by atoms with Gasteiger partial charge in [-0.2, -0.15) is 0 Å². The summed E-state index contributed by atoms with van der Waals surface area (Å²) in [5.41, 5.74) is 0. The van der Waals surface area contributed by atoms with Gasteiger partial charge in [-0.1, -0.05) is 0 Å². The molecule has 2 fully saturated rings. The summed E-state index contributed by atoms with van der Waals surface area (Å²) < 4.78 is 22.6. The third-order valence-corrected chi connectivity index (χ3v) is 7.69. The molecule has 0 bridgehead atoms. The maximum atomic E-state index is 13.1. The number of carbonyl (C=O) groups excluding carboxylic acids is 2. The number of amides is 1. The second-order valence-corrected chi connectivity index (χ2v) is 11.2. The van der Waals surface area contributed by atoms with Gasteiger partial charge in [-0.05, 0) is 39.5 Å². The standard InChI is InChI=1S/C28H46N2O15/c1-15-21(35)23(37)25(39)27(43-15)41-13-5-11-29(12-6-14-42-28-26(40)24(38)22(36)16(2)44-28)17(31)7-3-4-8-20(34)45-30-18(32)9-10-19(30)33/h9-10,15-16,21-28,32-33,35-40H,3-8,11-14H2,1-2H3. The molecule has 258 valence electrons. The van der Waals surface area contributed by atoms with Crippen LogP contribution in [0.2, 0.25) is 0 Å². The predicted molar refractivity (Wildman–Crippen MR) is 150 cm³/mol. The number of hydrogen-bond donors (Lipinski definition) is 8. The number of aromatic hydroxyl groups is 2. The average molecular weight is 651 g/mol. The minimum absolute atomic E-state index is 0.0582. The van der Waals surface area contributed by atoms with Crippen LogP contribution >= 0.6 is 0 Å². The van der Waals surface area contributed by atoms with E-state index in [4.69, 9.17) is 23.8 Å². The zero-order valence-corrected chi connectivity index (χ0v) is 25.3. The van der Waals surface area contributed by atoms with Crippen molar-refractivity contribution in [1.29, 1.82) is 0 Å². The summed E-state index contributed by atoms with van der Waals surface area (Å²) in [4.78, 5) is 31.6. The van der Waals surface area contributed by atoms with Crippen molar-refractivity contribution in [3.05, 3.63) is 12.1 Å². The van der Waals surface area contributed by atoms with Crippen molar-refractivity contribution in [2.24, 2.45) is 0 Å². The number of carbonyl (C=O) groups is 2. The van der Waals surface area contributed by atoms with Crippen LogP contribution < -0.4 is 4.84 Å². The normalized spacial score (nSPS) is 31.9. The summed E-state index contributed by atoms with van der Waals surface area (Å²) >= 11 is 0. The molecule has 0 saturated carbocycles. The number of ether oxygens (including phenoxy) is 4. The molecule has 17 nitrogen and oxygen atoms in total. The van der Waals surface area contributed by atoms with Gasteiger partial charge in [0.15, 0.2) is 12.6 Å². The van der Waals surface area contributed by atoms with Gasteiger partial charge in [-0.3, -0.25) is 4.79 Å². The van der Waals surface area contributed by atoms with Crippen LogP contribution in [0.25, 0.3) is 0 Å². The van der Waals surface area contributed by atoms with Crippen LogP contribution in [0.1, 0.15) is 52.4 Å². The first-order valence-corrected chi connectivity index (χ1v) is 15.0. The van der Waals surface area contributed by atoms with Crippen molar-refractivity contribution in [2.45, 2.75) is 114 Å². The topological polar surface area (TPSA) is 250 Å². The van der Waals surface area contributed by atoms with Gasteiger partial charge >= 0.3 is 5.97 Å². The number of rotatable bonds is 16. The molecule has 2 aliphatic heterocycles. The maximum Gasteiger partial charge on any atom is 0.333 e. The average Bonchev–Trinajstić information content (AvgIpc) is 3.32. The molecule has 0 spiro atoms. The highest BCUT2D eigenvalue weighted by molar-refractivity contribution is 5.76. The van der Waals surface area contributed by atoms with E-state index in [2.05, 4.69) is 0 Å². The molecule has 10 unspecified atom stereocenters. The van der Waals surface area contributed by atoms with E-state index < -0.39 is 79.1 Å². The molecule has 2 saturated heterocycles. The number of nitrogens with zero attached hydrogens (tertiary/aromatic N) is 2. The van der Waals surface area contributed by atoms with E-state index in [0.717, 1.165) is 12.1 Å². The van der Waals surface area contributed by atoms with Gasteiger partial charge in [0.2, 0.25) is 17.7 Å². The summed E-state index contributed by atoms with van der Waals surface area (Å²) in [7, 11) is 0. The summed E-state index contributed by atoms with van der Waals surface area (Å²) in [6, 6.07) is 2.31. The van der Waals surface area contributed by atoms with E-state index >= 15 is 0 Å². The minimum atomic E-state index is -1.46. The minimum Gasteiger partial charge on any atom is -0.492 e. The molecule has 10 atom stereocenters. The van der Waals surface area contributed by atoms with Crippen LogP contribution in [0.15, 0.2) is 12.1 Å². The molecule has 0 aromatic carbocycles. The monoisotopic (exact) mass is 650 g/mol. The Bertz CT molecular complexity index is 1010. The van der Waals surface area contributed by atoms with E-state index in [1.54, 1.807) is 4.90 Å². The van der Waals surface area contributed by atoms with Gasteiger partial charge < -0.3 is 69.5 Å². The Labute approximate surface area is 260 Å². The number of aromatic nitrogens is 1. The molecule has 45 heavy (non-hydrogen) atoms. The highest BCUT2D eigenvalue weighted by Gasteiger charge is 2.43. The molecule has 8 N–H and O–H groups in total. The molecule has 0 aliphatic carbocycles. The van der Waals surface area contributed by atoms with E-state index in [1.165, 1.54) is 13.8 Å². The highest BCUT2D eigenvalue weighted by Crippen LogP contribution is 2.23. The third-order valence-electron chi connectivity index (χ3n) is 7.69. The smallest absolute Gasteiger partial charge is 0.333 e. The first-order chi connectivity index (χ1) is 21.3. The fourth-order valence-corrected chi connectivity index (χ4v) is 4.92. The molecule has 1 aromatic rings. The quantitative estimate of drug-likeness (QED) is 0.0877. The van der Waals surface area contributed by atoms with Crippen molar-refractivity contribution in [1.82, 2.24) is 9.63 Å². The SMILES string of the molecule is CC1OC(OCCCN(CCCOC2OC(C)C(O)C(O)C2O)C(=O)CCCCC(=O)On2c(O)ccc2O)C(O)C(O)C1O. The fourth-order valence-electron chi connectivity index (χ4n) is 4.92. The summed E-state index contributed by atoms with van der Waals surface area (Å²) in [6.07, 6.45) is -10.9. The van der Waals surface area contributed by atoms with Crippen molar-refractivity contribution in [3.63, 3.8) is 0 Å². The van der Waals surface area contributed by atoms with Crippen LogP contribution in [0.4, 0.5) is 0 Å². The van der Waals surface area contributed by atoms with E-state index in [0.29, 0.717) is 30.4 Å². The van der Waals surface area contributed by atoms with Gasteiger partial charge in [0.05, 0.1) is 25.4 Å². The van der Waals surface area contributed by atoms with Crippen LogP contribution in [-0.4, -0.2) is 150 Å². The molecular weight excluding hydrogens is 604 g/mol. The van der Waals surface area contributed by atoms with E-state index in [9.17, 15) is 50.4 Å². The predicted octanol–water partition coefficient (Wildman–Crippen LogP) is -2.29. The Hall–Kier alpha value is -2.58. The van der Waals surface area contributed by atoms with Crippen LogP contribution in [0.3, 0.4) is 0 Å².